The first-order valence-corrected chi connectivity index (χ1v) is 9.23. The van der Waals surface area contributed by atoms with Crippen molar-refractivity contribution in [1.29, 1.82) is 0 Å². The third-order valence-electron chi connectivity index (χ3n) is 2.98. The molecule has 124 valence electrons. The maximum absolute atomic E-state index is 12.8. The lowest BCUT2D eigenvalue weighted by molar-refractivity contribution is -0.114. The maximum Gasteiger partial charge on any atom is 0.272 e. The lowest BCUT2D eigenvalue weighted by Crippen LogP contribution is -2.36. The van der Waals surface area contributed by atoms with Crippen LogP contribution in [0.3, 0.4) is 0 Å². The minimum absolute atomic E-state index is 0.133. The Labute approximate surface area is 139 Å². The molecule has 7 nitrogen and oxygen atoms in total. The monoisotopic (exact) mass is 354 g/mol. The van der Waals surface area contributed by atoms with Gasteiger partial charge in [0.05, 0.1) is 0 Å². The minimum atomic E-state index is -3.79. The molecule has 1 amide bonds. The normalized spacial score (nSPS) is 11.9. The molecule has 0 aliphatic heterocycles. The van der Waals surface area contributed by atoms with E-state index in [2.05, 4.69) is 15.5 Å². The van der Waals surface area contributed by atoms with Crippen molar-refractivity contribution >= 4 is 32.4 Å². The zero-order valence-electron chi connectivity index (χ0n) is 13.1. The molecule has 0 saturated carbocycles. The molecule has 23 heavy (non-hydrogen) atoms. The summed E-state index contributed by atoms with van der Waals surface area (Å²) < 4.78 is 26.8. The third kappa shape index (κ3) is 4.34. The highest BCUT2D eigenvalue weighted by molar-refractivity contribution is 7.91. The van der Waals surface area contributed by atoms with Crippen LogP contribution in [-0.2, 0) is 21.4 Å². The summed E-state index contributed by atoms with van der Waals surface area (Å²) in [6.45, 7) is 5.17. The van der Waals surface area contributed by atoms with Crippen molar-refractivity contribution in [3.63, 3.8) is 0 Å². The topological polar surface area (TPSA) is 92.3 Å². The second kappa shape index (κ2) is 7.16. The fourth-order valence-electron chi connectivity index (χ4n) is 1.92. The van der Waals surface area contributed by atoms with Crippen LogP contribution in [0.4, 0.5) is 5.13 Å². The molecule has 0 spiro atoms. The van der Waals surface area contributed by atoms with E-state index in [-0.39, 0.29) is 28.0 Å². The van der Waals surface area contributed by atoms with E-state index in [1.807, 2.05) is 30.3 Å². The molecular weight excluding hydrogens is 336 g/mol. The van der Waals surface area contributed by atoms with Crippen molar-refractivity contribution in [2.75, 3.05) is 5.32 Å². The number of carbonyl (C=O) groups is 1. The van der Waals surface area contributed by atoms with E-state index in [0.29, 0.717) is 0 Å². The van der Waals surface area contributed by atoms with E-state index < -0.39 is 10.0 Å². The van der Waals surface area contributed by atoms with Crippen LogP contribution in [-0.4, -0.2) is 34.9 Å². The number of amides is 1. The molecular formula is C14H18N4O3S2. The first-order chi connectivity index (χ1) is 10.8. The number of nitrogens with one attached hydrogen (secondary N) is 1. The first kappa shape index (κ1) is 17.5. The van der Waals surface area contributed by atoms with Crippen LogP contribution in [0.2, 0.25) is 0 Å². The van der Waals surface area contributed by atoms with Crippen LogP contribution < -0.4 is 5.32 Å². The molecule has 0 atom stereocenters. The van der Waals surface area contributed by atoms with Gasteiger partial charge in [-0.25, -0.2) is 8.42 Å². The number of benzene rings is 1. The number of carbonyl (C=O) groups excluding carboxylic acids is 1. The predicted octanol–water partition coefficient (Wildman–Crippen LogP) is 2.10. The van der Waals surface area contributed by atoms with Crippen LogP contribution in [0.25, 0.3) is 0 Å². The largest absolute Gasteiger partial charge is 0.301 e. The molecule has 1 aromatic carbocycles. The Kier molecular flexibility index (Phi) is 5.45. The summed E-state index contributed by atoms with van der Waals surface area (Å²) >= 11 is 0.841. The molecule has 1 N–H and O–H groups in total. The van der Waals surface area contributed by atoms with Crippen LogP contribution in [0, 0.1) is 0 Å². The summed E-state index contributed by atoms with van der Waals surface area (Å²) in [7, 11) is -3.79. The number of hydrogen-bond donors (Lipinski definition) is 1. The molecule has 0 radical (unpaired) electrons. The Hall–Kier alpha value is -1.84. The Morgan fingerprint density at radius 1 is 1.26 bits per heavy atom. The van der Waals surface area contributed by atoms with E-state index >= 15 is 0 Å². The van der Waals surface area contributed by atoms with E-state index in [1.165, 1.54) is 11.2 Å². The molecule has 1 heterocycles. The minimum Gasteiger partial charge on any atom is -0.301 e. The van der Waals surface area contributed by atoms with Gasteiger partial charge in [0, 0.05) is 19.5 Å². The second-order valence-electron chi connectivity index (χ2n) is 5.18. The average molecular weight is 354 g/mol. The summed E-state index contributed by atoms with van der Waals surface area (Å²) in [5, 5.41) is 10.0. The van der Waals surface area contributed by atoms with Gasteiger partial charge in [0.2, 0.25) is 15.4 Å². The molecule has 0 aliphatic carbocycles. The van der Waals surface area contributed by atoms with Crippen LogP contribution in [0.5, 0.6) is 0 Å². The van der Waals surface area contributed by atoms with Gasteiger partial charge in [0.15, 0.2) is 0 Å². The molecule has 0 saturated heterocycles. The Balaban J connectivity index is 2.30. The van der Waals surface area contributed by atoms with Crippen molar-refractivity contribution in [3.8, 4) is 0 Å². The van der Waals surface area contributed by atoms with Gasteiger partial charge in [-0.05, 0) is 19.4 Å². The van der Waals surface area contributed by atoms with Crippen molar-refractivity contribution < 1.29 is 13.2 Å². The maximum atomic E-state index is 12.8. The third-order valence-corrected chi connectivity index (χ3v) is 6.18. The van der Waals surface area contributed by atoms with Gasteiger partial charge >= 0.3 is 0 Å². The zero-order chi connectivity index (χ0) is 17.0. The fraction of sp³-hybridized carbons (Fsp3) is 0.357. The van der Waals surface area contributed by atoms with Gasteiger partial charge in [0.25, 0.3) is 10.0 Å². The van der Waals surface area contributed by atoms with E-state index in [4.69, 9.17) is 0 Å². The molecule has 2 rings (SSSR count). The quantitative estimate of drug-likeness (QED) is 0.802. The highest BCUT2D eigenvalue weighted by atomic mass is 32.2. The van der Waals surface area contributed by atoms with Gasteiger partial charge in [0.1, 0.15) is 0 Å². The highest BCUT2D eigenvalue weighted by Crippen LogP contribution is 2.26. The van der Waals surface area contributed by atoms with Gasteiger partial charge in [-0.3, -0.25) is 4.79 Å². The molecule has 0 aliphatic rings. The summed E-state index contributed by atoms with van der Waals surface area (Å²) in [5.74, 6) is -0.324. The van der Waals surface area contributed by atoms with Gasteiger partial charge in [-0.1, -0.05) is 41.7 Å². The van der Waals surface area contributed by atoms with E-state index in [1.54, 1.807) is 13.8 Å². The van der Waals surface area contributed by atoms with Crippen LogP contribution in [0.1, 0.15) is 26.3 Å². The molecule has 1 aromatic heterocycles. The predicted molar refractivity (Wildman–Crippen MR) is 88.5 cm³/mol. The number of rotatable bonds is 6. The number of nitrogens with zero attached hydrogens (tertiary/aromatic N) is 3. The smallest absolute Gasteiger partial charge is 0.272 e. The number of sulfonamides is 1. The molecule has 0 fully saturated rings. The van der Waals surface area contributed by atoms with Gasteiger partial charge in [-0.15, -0.1) is 10.2 Å². The van der Waals surface area contributed by atoms with Crippen LogP contribution in [0.15, 0.2) is 34.7 Å². The molecule has 2 aromatic rings. The first-order valence-electron chi connectivity index (χ1n) is 6.97. The summed E-state index contributed by atoms with van der Waals surface area (Å²) in [6, 6.07) is 9.10. The van der Waals surface area contributed by atoms with Gasteiger partial charge < -0.3 is 5.32 Å². The fourth-order valence-corrected chi connectivity index (χ4v) is 4.61. The highest BCUT2D eigenvalue weighted by Gasteiger charge is 2.31. The summed E-state index contributed by atoms with van der Waals surface area (Å²) in [4.78, 5) is 11.0. The van der Waals surface area contributed by atoms with Crippen molar-refractivity contribution in [3.05, 3.63) is 35.9 Å². The number of hydrogen-bond acceptors (Lipinski definition) is 6. The number of aromatic nitrogens is 2. The zero-order valence-corrected chi connectivity index (χ0v) is 14.7. The van der Waals surface area contributed by atoms with Crippen LogP contribution >= 0.6 is 11.3 Å². The average Bonchev–Trinajstić information content (AvgIpc) is 2.94. The second-order valence-corrected chi connectivity index (χ2v) is 8.23. The Morgan fingerprint density at radius 3 is 2.48 bits per heavy atom. The lowest BCUT2D eigenvalue weighted by Gasteiger charge is -2.24. The van der Waals surface area contributed by atoms with Crippen molar-refractivity contribution in [1.82, 2.24) is 14.5 Å². The molecule has 9 heteroatoms. The molecule has 0 unspecified atom stereocenters. The van der Waals surface area contributed by atoms with Crippen molar-refractivity contribution in [2.24, 2.45) is 0 Å². The summed E-state index contributed by atoms with van der Waals surface area (Å²) in [5.41, 5.74) is 0.886. The molecule has 0 bridgehead atoms. The number of anilines is 1. The Bertz CT molecular complexity index is 772. The van der Waals surface area contributed by atoms with Crippen molar-refractivity contribution in [2.45, 2.75) is 37.7 Å². The Morgan fingerprint density at radius 2 is 1.91 bits per heavy atom. The van der Waals surface area contributed by atoms with Gasteiger partial charge in [-0.2, -0.15) is 4.31 Å². The lowest BCUT2D eigenvalue weighted by atomic mass is 10.2. The SMILES string of the molecule is CC(=O)Nc1nnc(S(=O)(=O)N(Cc2ccccc2)C(C)C)s1. The summed E-state index contributed by atoms with van der Waals surface area (Å²) in [6.07, 6.45) is 0. The van der Waals surface area contributed by atoms with E-state index in [9.17, 15) is 13.2 Å². The van der Waals surface area contributed by atoms with E-state index in [0.717, 1.165) is 16.9 Å². The standard InChI is InChI=1S/C14H18N4O3S2/c1-10(2)18(9-12-7-5-4-6-8-12)23(20,21)14-17-16-13(22-14)15-11(3)19/h4-8,10H,9H2,1-3H3,(H,15,16,19).